The molecule has 10 nitrogen and oxygen atoms in total. The fourth-order valence-corrected chi connectivity index (χ4v) is 2.80. The molecule has 3 atom stereocenters. The molecular formula is C20H31BN4O6. The first kappa shape index (κ1) is 26.1. The molecule has 4 amide bonds. The Kier molecular flexibility index (Phi) is 10.7. The summed E-state index contributed by atoms with van der Waals surface area (Å²) in [5.41, 5.74) is 0.795. The second kappa shape index (κ2) is 12.7. The molecule has 0 saturated carbocycles. The first-order chi connectivity index (χ1) is 14.5. The summed E-state index contributed by atoms with van der Waals surface area (Å²) >= 11 is 0. The summed E-state index contributed by atoms with van der Waals surface area (Å²) in [6.07, 6.45) is -0.205. The molecule has 0 bridgehead atoms. The fraction of sp³-hybridized carbons (Fsp3) is 0.500. The van der Waals surface area contributed by atoms with Crippen LogP contribution in [0.3, 0.4) is 0 Å². The van der Waals surface area contributed by atoms with Crippen LogP contribution in [0.5, 0.6) is 0 Å². The van der Waals surface area contributed by atoms with Crippen LogP contribution < -0.4 is 21.3 Å². The molecular weight excluding hydrogens is 403 g/mol. The van der Waals surface area contributed by atoms with Gasteiger partial charge >= 0.3 is 7.12 Å². The standard InChI is InChI=1S/C20H31BN4O6/c1-12(2)17(24-14(4)26)20(29)25-16(10-15-8-6-5-7-9-15)19(28)23-13(3)18(27)22-11-21(30)31/h5-9,12-13,16-17,30-31H,10-11H2,1-4H3,(H,22,27)(H,23,28)(H,24,26)(H,25,29). The Balaban J connectivity index is 2.94. The summed E-state index contributed by atoms with van der Waals surface area (Å²) < 4.78 is 0. The van der Waals surface area contributed by atoms with Crippen LogP contribution in [0.25, 0.3) is 0 Å². The van der Waals surface area contributed by atoms with Crippen molar-refractivity contribution >= 4 is 30.7 Å². The fourth-order valence-electron chi connectivity index (χ4n) is 2.80. The number of rotatable bonds is 11. The summed E-state index contributed by atoms with van der Waals surface area (Å²) in [7, 11) is -1.71. The monoisotopic (exact) mass is 434 g/mol. The van der Waals surface area contributed by atoms with Gasteiger partial charge in [-0.15, -0.1) is 0 Å². The molecule has 0 aromatic heterocycles. The zero-order valence-corrected chi connectivity index (χ0v) is 18.2. The maximum Gasteiger partial charge on any atom is 0.472 e. The maximum absolute atomic E-state index is 12.9. The number of hydrogen-bond acceptors (Lipinski definition) is 6. The lowest BCUT2D eigenvalue weighted by Crippen LogP contribution is -2.58. The van der Waals surface area contributed by atoms with E-state index >= 15 is 0 Å². The Labute approximate surface area is 182 Å². The minimum Gasteiger partial charge on any atom is -0.426 e. The highest BCUT2D eigenvalue weighted by Gasteiger charge is 2.29. The van der Waals surface area contributed by atoms with Gasteiger partial charge in [0.15, 0.2) is 0 Å². The number of hydrogen-bond donors (Lipinski definition) is 6. The third kappa shape index (κ3) is 9.62. The van der Waals surface area contributed by atoms with Gasteiger partial charge < -0.3 is 31.3 Å². The smallest absolute Gasteiger partial charge is 0.426 e. The summed E-state index contributed by atoms with van der Waals surface area (Å²) in [6.45, 7) is 6.29. The first-order valence-corrected chi connectivity index (χ1v) is 10.1. The summed E-state index contributed by atoms with van der Waals surface area (Å²) in [6, 6.07) is 6.24. The number of carbonyl (C=O) groups is 4. The zero-order valence-electron chi connectivity index (χ0n) is 18.2. The van der Waals surface area contributed by atoms with Crippen LogP contribution in [0.2, 0.25) is 0 Å². The van der Waals surface area contributed by atoms with E-state index in [0.29, 0.717) is 0 Å². The lowest BCUT2D eigenvalue weighted by Gasteiger charge is -2.26. The van der Waals surface area contributed by atoms with E-state index in [1.165, 1.54) is 13.8 Å². The van der Waals surface area contributed by atoms with Gasteiger partial charge in [-0.1, -0.05) is 44.2 Å². The van der Waals surface area contributed by atoms with E-state index in [2.05, 4.69) is 21.3 Å². The van der Waals surface area contributed by atoms with Gasteiger partial charge in [0.05, 0.1) is 6.44 Å². The van der Waals surface area contributed by atoms with Gasteiger partial charge in [-0.3, -0.25) is 19.2 Å². The topological polar surface area (TPSA) is 157 Å². The van der Waals surface area contributed by atoms with Crippen LogP contribution in [-0.4, -0.2) is 65.4 Å². The summed E-state index contributed by atoms with van der Waals surface area (Å²) in [4.78, 5) is 49.1. The Hall–Kier alpha value is -2.92. The number of carbonyl (C=O) groups excluding carboxylic acids is 4. The second-order valence-electron chi connectivity index (χ2n) is 7.63. The van der Waals surface area contributed by atoms with Crippen LogP contribution in [-0.2, 0) is 25.6 Å². The lowest BCUT2D eigenvalue weighted by atomic mass is 9.92. The van der Waals surface area contributed by atoms with Gasteiger partial charge in [-0.05, 0) is 18.4 Å². The Morgan fingerprint density at radius 3 is 2.03 bits per heavy atom. The minimum atomic E-state index is -1.71. The molecule has 0 heterocycles. The van der Waals surface area contributed by atoms with Crippen molar-refractivity contribution in [2.24, 2.45) is 5.92 Å². The molecule has 0 spiro atoms. The predicted octanol–water partition coefficient (Wildman–Crippen LogP) is -1.49. The lowest BCUT2D eigenvalue weighted by molar-refractivity contribution is -0.133. The molecule has 11 heteroatoms. The normalized spacial score (nSPS) is 13.5. The van der Waals surface area contributed by atoms with E-state index < -0.39 is 43.0 Å². The van der Waals surface area contributed by atoms with Gasteiger partial charge in [0.2, 0.25) is 23.6 Å². The average molecular weight is 434 g/mol. The van der Waals surface area contributed by atoms with Crippen molar-refractivity contribution in [1.29, 1.82) is 0 Å². The van der Waals surface area contributed by atoms with Crippen molar-refractivity contribution in [3.05, 3.63) is 35.9 Å². The van der Waals surface area contributed by atoms with Crippen molar-refractivity contribution in [1.82, 2.24) is 21.3 Å². The van der Waals surface area contributed by atoms with Crippen LogP contribution >= 0.6 is 0 Å². The van der Waals surface area contributed by atoms with Crippen LogP contribution in [0.4, 0.5) is 0 Å². The van der Waals surface area contributed by atoms with Crippen LogP contribution in [0.15, 0.2) is 30.3 Å². The number of benzene rings is 1. The van der Waals surface area contributed by atoms with Crippen molar-refractivity contribution in [3.8, 4) is 0 Å². The van der Waals surface area contributed by atoms with Crippen molar-refractivity contribution in [2.45, 2.75) is 52.2 Å². The van der Waals surface area contributed by atoms with Crippen molar-refractivity contribution in [3.63, 3.8) is 0 Å². The molecule has 170 valence electrons. The summed E-state index contributed by atoms with van der Waals surface area (Å²) in [5, 5.41) is 27.8. The van der Waals surface area contributed by atoms with E-state index in [9.17, 15) is 19.2 Å². The Bertz CT molecular complexity index is 759. The largest absolute Gasteiger partial charge is 0.472 e. The van der Waals surface area contributed by atoms with E-state index in [1.807, 2.05) is 6.07 Å². The maximum atomic E-state index is 12.9. The molecule has 1 rings (SSSR count). The summed E-state index contributed by atoms with van der Waals surface area (Å²) in [5.74, 6) is -2.28. The van der Waals surface area contributed by atoms with Crippen LogP contribution in [0, 0.1) is 5.92 Å². The molecule has 0 saturated heterocycles. The third-order valence-corrected chi connectivity index (χ3v) is 4.43. The molecule has 0 aliphatic carbocycles. The molecule has 1 aromatic carbocycles. The molecule has 6 N–H and O–H groups in total. The first-order valence-electron chi connectivity index (χ1n) is 10.1. The molecule has 0 aliphatic rings. The zero-order chi connectivity index (χ0) is 23.6. The highest BCUT2D eigenvalue weighted by Crippen LogP contribution is 2.07. The van der Waals surface area contributed by atoms with Gasteiger partial charge in [0, 0.05) is 13.3 Å². The highest BCUT2D eigenvalue weighted by molar-refractivity contribution is 6.41. The third-order valence-electron chi connectivity index (χ3n) is 4.43. The molecule has 1 aromatic rings. The van der Waals surface area contributed by atoms with Gasteiger partial charge in [0.25, 0.3) is 0 Å². The SMILES string of the molecule is CC(=O)NC(C(=O)NC(Cc1ccccc1)C(=O)NC(C)C(=O)NCB(O)O)C(C)C. The van der Waals surface area contributed by atoms with Gasteiger partial charge in [-0.2, -0.15) is 0 Å². The molecule has 0 aliphatic heterocycles. The van der Waals surface area contributed by atoms with E-state index in [0.717, 1.165) is 5.56 Å². The molecule has 3 unspecified atom stereocenters. The molecule has 0 radical (unpaired) electrons. The average Bonchev–Trinajstić information content (AvgIpc) is 2.69. The Morgan fingerprint density at radius 2 is 1.52 bits per heavy atom. The van der Waals surface area contributed by atoms with E-state index in [4.69, 9.17) is 10.0 Å². The predicted molar refractivity (Wildman–Crippen MR) is 115 cm³/mol. The molecule has 0 fully saturated rings. The van der Waals surface area contributed by atoms with Crippen LogP contribution in [0.1, 0.15) is 33.3 Å². The van der Waals surface area contributed by atoms with Gasteiger partial charge in [0.1, 0.15) is 18.1 Å². The van der Waals surface area contributed by atoms with Crippen molar-refractivity contribution in [2.75, 3.05) is 6.44 Å². The van der Waals surface area contributed by atoms with Gasteiger partial charge in [-0.25, -0.2) is 0 Å². The Morgan fingerprint density at radius 1 is 0.903 bits per heavy atom. The van der Waals surface area contributed by atoms with E-state index in [-0.39, 0.29) is 24.7 Å². The minimum absolute atomic E-state index is 0.174. The van der Waals surface area contributed by atoms with E-state index in [1.54, 1.807) is 38.1 Å². The second-order valence-corrected chi connectivity index (χ2v) is 7.63. The molecule has 31 heavy (non-hydrogen) atoms. The number of nitrogens with one attached hydrogen (secondary N) is 4. The number of amides is 4. The van der Waals surface area contributed by atoms with Crippen molar-refractivity contribution < 1.29 is 29.2 Å². The quantitative estimate of drug-likeness (QED) is 0.233. The highest BCUT2D eigenvalue weighted by atomic mass is 16.4.